The Morgan fingerprint density at radius 3 is 2.69 bits per heavy atom. The van der Waals surface area contributed by atoms with E-state index in [4.69, 9.17) is 0 Å². The summed E-state index contributed by atoms with van der Waals surface area (Å²) >= 11 is 4.24. The average Bonchev–Trinajstić information content (AvgIpc) is 2.19. The molecule has 0 aliphatic rings. The number of benzene rings is 1. The molecule has 1 aromatic carbocycles. The molecule has 0 bridgehead atoms. The van der Waals surface area contributed by atoms with Gasteiger partial charge in [0.05, 0.1) is 0 Å². The van der Waals surface area contributed by atoms with E-state index in [9.17, 15) is 0 Å². The predicted octanol–water partition coefficient (Wildman–Crippen LogP) is 4.36. The van der Waals surface area contributed by atoms with Crippen molar-refractivity contribution in [3.8, 4) is 0 Å². The van der Waals surface area contributed by atoms with Gasteiger partial charge < -0.3 is 0 Å². The van der Waals surface area contributed by atoms with Crippen LogP contribution in [0.2, 0.25) is 0 Å². The first kappa shape index (κ1) is 11.0. The first-order valence-corrected chi connectivity index (χ1v) is 6.64. The van der Waals surface area contributed by atoms with E-state index in [1.165, 1.54) is 36.1 Å². The molecule has 0 aliphatic heterocycles. The lowest BCUT2D eigenvalue weighted by molar-refractivity contribution is 0.712. The molecule has 0 heterocycles. The van der Waals surface area contributed by atoms with Gasteiger partial charge in [0.15, 0.2) is 0 Å². The standard InChI is InChI=1S/C11H16S2/c1-2-3-4-7-10-8-5-6-9-11(10)13-12/h5-6,8-9,12H,2-4,7H2,1H3. The largest absolute Gasteiger partial charge is 0.106 e. The quantitative estimate of drug-likeness (QED) is 0.430. The van der Waals surface area contributed by atoms with Crippen LogP contribution in [0.5, 0.6) is 0 Å². The third kappa shape index (κ3) is 3.65. The van der Waals surface area contributed by atoms with Crippen molar-refractivity contribution in [2.45, 2.75) is 37.5 Å². The summed E-state index contributed by atoms with van der Waals surface area (Å²) in [6.07, 6.45) is 5.10. The maximum atomic E-state index is 4.24. The number of aryl methyl sites for hydroxylation is 1. The lowest BCUT2D eigenvalue weighted by atomic mass is 10.1. The Balaban J connectivity index is 2.54. The summed E-state index contributed by atoms with van der Waals surface area (Å²) in [4.78, 5) is 1.31. The van der Waals surface area contributed by atoms with Gasteiger partial charge >= 0.3 is 0 Å². The van der Waals surface area contributed by atoms with Gasteiger partial charge in [0.2, 0.25) is 0 Å². The van der Waals surface area contributed by atoms with Gasteiger partial charge in [-0.15, -0.1) is 11.7 Å². The van der Waals surface area contributed by atoms with E-state index >= 15 is 0 Å². The first-order valence-electron chi connectivity index (χ1n) is 4.77. The van der Waals surface area contributed by atoms with Crippen LogP contribution in [0.15, 0.2) is 29.2 Å². The highest BCUT2D eigenvalue weighted by molar-refractivity contribution is 8.68. The van der Waals surface area contributed by atoms with Crippen molar-refractivity contribution in [2.24, 2.45) is 0 Å². The lowest BCUT2D eigenvalue weighted by Crippen LogP contribution is -1.87. The highest BCUT2D eigenvalue weighted by Crippen LogP contribution is 2.26. The molecular formula is C11H16S2. The van der Waals surface area contributed by atoms with Gasteiger partial charge in [-0.1, -0.05) is 48.8 Å². The molecule has 0 radical (unpaired) electrons. The van der Waals surface area contributed by atoms with Gasteiger partial charge in [0.25, 0.3) is 0 Å². The molecule has 0 spiro atoms. The molecule has 1 aromatic rings. The Bertz CT molecular complexity index is 246. The highest BCUT2D eigenvalue weighted by Gasteiger charge is 1.99. The molecule has 0 unspecified atom stereocenters. The van der Waals surface area contributed by atoms with E-state index in [1.807, 2.05) is 0 Å². The highest BCUT2D eigenvalue weighted by atomic mass is 33.1. The van der Waals surface area contributed by atoms with Crippen LogP contribution in [0.3, 0.4) is 0 Å². The average molecular weight is 212 g/mol. The molecule has 0 amide bonds. The van der Waals surface area contributed by atoms with Crippen molar-refractivity contribution in [1.29, 1.82) is 0 Å². The van der Waals surface area contributed by atoms with E-state index in [-0.39, 0.29) is 0 Å². The third-order valence-corrected chi connectivity index (χ3v) is 3.31. The van der Waals surface area contributed by atoms with Gasteiger partial charge in [-0.3, -0.25) is 0 Å². The van der Waals surface area contributed by atoms with Crippen LogP contribution in [0.1, 0.15) is 31.7 Å². The fraction of sp³-hybridized carbons (Fsp3) is 0.455. The zero-order valence-corrected chi connectivity index (χ0v) is 9.70. The van der Waals surface area contributed by atoms with Crippen LogP contribution in [0, 0.1) is 0 Å². The predicted molar refractivity (Wildman–Crippen MR) is 64.5 cm³/mol. The number of thiol groups is 1. The van der Waals surface area contributed by atoms with Crippen LogP contribution >= 0.6 is 22.5 Å². The molecule has 72 valence electrons. The molecule has 0 nitrogen and oxygen atoms in total. The third-order valence-electron chi connectivity index (χ3n) is 2.12. The summed E-state index contributed by atoms with van der Waals surface area (Å²) in [5, 5.41) is 0. The molecule has 0 aliphatic carbocycles. The fourth-order valence-corrected chi connectivity index (χ4v) is 2.33. The van der Waals surface area contributed by atoms with Gasteiger partial charge in [0, 0.05) is 4.90 Å². The second-order valence-corrected chi connectivity index (χ2v) is 4.33. The summed E-state index contributed by atoms with van der Waals surface area (Å²) in [6, 6.07) is 8.52. The van der Waals surface area contributed by atoms with Crippen LogP contribution in [0.4, 0.5) is 0 Å². The number of unbranched alkanes of at least 4 members (excludes halogenated alkanes) is 2. The zero-order chi connectivity index (χ0) is 9.52. The molecule has 0 saturated heterocycles. The van der Waals surface area contributed by atoms with E-state index in [0.717, 1.165) is 0 Å². The molecular weight excluding hydrogens is 196 g/mol. The Morgan fingerprint density at radius 1 is 1.23 bits per heavy atom. The maximum absolute atomic E-state index is 4.24. The lowest BCUT2D eigenvalue weighted by Gasteiger charge is -2.05. The minimum absolute atomic E-state index is 1.19. The summed E-state index contributed by atoms with van der Waals surface area (Å²) in [5.74, 6) is 0. The molecule has 1 rings (SSSR count). The van der Waals surface area contributed by atoms with Gasteiger partial charge in [-0.2, -0.15) is 0 Å². The fourth-order valence-electron chi connectivity index (χ4n) is 1.36. The SMILES string of the molecule is CCCCCc1ccccc1SS. The van der Waals surface area contributed by atoms with E-state index in [2.05, 4.69) is 42.9 Å². The monoisotopic (exact) mass is 212 g/mol. The summed E-state index contributed by atoms with van der Waals surface area (Å²) < 4.78 is 0. The minimum Gasteiger partial charge on any atom is -0.106 e. The second-order valence-electron chi connectivity index (χ2n) is 3.16. The molecule has 2 heteroatoms. The van der Waals surface area contributed by atoms with E-state index < -0.39 is 0 Å². The minimum atomic E-state index is 1.19. The Hall–Kier alpha value is -0.0800. The van der Waals surface area contributed by atoms with Crippen molar-refractivity contribution < 1.29 is 0 Å². The normalized spacial score (nSPS) is 10.3. The van der Waals surface area contributed by atoms with Crippen molar-refractivity contribution >= 4 is 22.5 Å². The van der Waals surface area contributed by atoms with Crippen LogP contribution in [-0.4, -0.2) is 0 Å². The number of rotatable bonds is 5. The molecule has 0 N–H and O–H groups in total. The van der Waals surface area contributed by atoms with Crippen LogP contribution in [0.25, 0.3) is 0 Å². The van der Waals surface area contributed by atoms with Crippen molar-refractivity contribution in [3.63, 3.8) is 0 Å². The summed E-state index contributed by atoms with van der Waals surface area (Å²) in [6.45, 7) is 2.24. The van der Waals surface area contributed by atoms with Crippen molar-refractivity contribution in [2.75, 3.05) is 0 Å². The Morgan fingerprint density at radius 2 is 2.00 bits per heavy atom. The molecule has 0 atom stereocenters. The zero-order valence-electron chi connectivity index (χ0n) is 7.99. The second kappa shape index (κ2) is 6.39. The van der Waals surface area contributed by atoms with Crippen LogP contribution < -0.4 is 0 Å². The molecule has 0 fully saturated rings. The molecule has 0 saturated carbocycles. The summed E-state index contributed by atoms with van der Waals surface area (Å²) in [7, 11) is 1.55. The molecule has 13 heavy (non-hydrogen) atoms. The Labute approximate surface area is 89.9 Å². The number of hydrogen-bond donors (Lipinski definition) is 1. The van der Waals surface area contributed by atoms with Crippen molar-refractivity contribution in [3.05, 3.63) is 29.8 Å². The van der Waals surface area contributed by atoms with Crippen LogP contribution in [-0.2, 0) is 6.42 Å². The van der Waals surface area contributed by atoms with Gasteiger partial charge in [0.1, 0.15) is 0 Å². The maximum Gasteiger partial charge on any atom is 0.0212 e. The van der Waals surface area contributed by atoms with Crippen molar-refractivity contribution in [1.82, 2.24) is 0 Å². The van der Waals surface area contributed by atoms with E-state index in [0.29, 0.717) is 0 Å². The first-order chi connectivity index (χ1) is 6.38. The topological polar surface area (TPSA) is 0 Å². The van der Waals surface area contributed by atoms with E-state index in [1.54, 1.807) is 10.8 Å². The molecule has 0 aromatic heterocycles. The Kier molecular flexibility index (Phi) is 5.40. The van der Waals surface area contributed by atoms with Gasteiger partial charge in [-0.05, 0) is 24.5 Å². The smallest absolute Gasteiger partial charge is 0.0212 e. The number of hydrogen-bond acceptors (Lipinski definition) is 2. The van der Waals surface area contributed by atoms with Gasteiger partial charge in [-0.25, -0.2) is 0 Å². The summed E-state index contributed by atoms with van der Waals surface area (Å²) in [5.41, 5.74) is 1.44.